The normalized spacial score (nSPS) is 15.6. The van der Waals surface area contributed by atoms with Crippen LogP contribution >= 0.6 is 0 Å². The van der Waals surface area contributed by atoms with Gasteiger partial charge < -0.3 is 19.2 Å². The predicted molar refractivity (Wildman–Crippen MR) is 144 cm³/mol. The van der Waals surface area contributed by atoms with Crippen molar-refractivity contribution in [2.24, 2.45) is 0 Å². The van der Waals surface area contributed by atoms with Crippen LogP contribution in [0.5, 0.6) is 0 Å². The van der Waals surface area contributed by atoms with E-state index in [2.05, 4.69) is 50.4 Å². The van der Waals surface area contributed by atoms with Gasteiger partial charge in [-0.25, -0.2) is 4.98 Å². The van der Waals surface area contributed by atoms with Gasteiger partial charge in [0.05, 0.1) is 0 Å². The summed E-state index contributed by atoms with van der Waals surface area (Å²) in [6, 6.07) is 18.5. The van der Waals surface area contributed by atoms with Gasteiger partial charge in [0, 0.05) is 44.8 Å². The molecule has 1 N–H and O–H groups in total. The quantitative estimate of drug-likeness (QED) is 0.315. The summed E-state index contributed by atoms with van der Waals surface area (Å²) in [5.41, 5.74) is 4.00. The zero-order chi connectivity index (χ0) is 25.3. The van der Waals surface area contributed by atoms with Crippen molar-refractivity contribution in [2.45, 2.75) is 32.6 Å². The highest BCUT2D eigenvalue weighted by molar-refractivity contribution is 7.91. The highest BCUT2D eigenvalue weighted by Gasteiger charge is 2.21. The first-order valence-electron chi connectivity index (χ1n) is 12.6. The lowest BCUT2D eigenvalue weighted by molar-refractivity contribution is -0.118. The largest absolute Gasteiger partial charge is 0.616 e. The monoisotopic (exact) mass is 508 g/mol. The molecule has 0 saturated carbocycles. The van der Waals surface area contributed by atoms with Gasteiger partial charge in [-0.3, -0.25) is 9.69 Å². The molecule has 3 aromatic rings. The molecule has 192 valence electrons. The van der Waals surface area contributed by atoms with E-state index in [0.717, 1.165) is 56.8 Å². The van der Waals surface area contributed by atoms with E-state index in [-0.39, 0.29) is 17.4 Å². The van der Waals surface area contributed by atoms with E-state index in [1.807, 2.05) is 38.1 Å². The predicted octanol–water partition coefficient (Wildman–Crippen LogP) is 3.53. The van der Waals surface area contributed by atoms with Crippen molar-refractivity contribution in [3.63, 3.8) is 0 Å². The van der Waals surface area contributed by atoms with Gasteiger partial charge in [-0.2, -0.15) is 0 Å². The van der Waals surface area contributed by atoms with Crippen LogP contribution in [0.3, 0.4) is 0 Å². The zero-order valence-corrected chi connectivity index (χ0v) is 22.1. The number of rotatable bonds is 11. The summed E-state index contributed by atoms with van der Waals surface area (Å²) in [6.07, 6.45) is 0.888. The third-order valence-corrected chi connectivity index (χ3v) is 7.72. The molecule has 1 amide bonds. The third-order valence-electron chi connectivity index (χ3n) is 6.55. The molecular weight excluding hydrogens is 472 g/mol. The Morgan fingerprint density at radius 3 is 2.47 bits per heavy atom. The highest BCUT2D eigenvalue weighted by atomic mass is 32.2. The van der Waals surface area contributed by atoms with Gasteiger partial charge in [-0.1, -0.05) is 48.5 Å². The standard InChI is InChI=1S/C28H36N4O3S/c1-22-9-6-7-12-25(22)28-30-26(23(2)35-28)20-36(34)21-27(33)29-13-8-14-31-15-17-32(18-16-31)19-24-10-4-3-5-11-24/h3-7,9-12H,8,13-21H2,1-2H3,(H,29,33). The summed E-state index contributed by atoms with van der Waals surface area (Å²) >= 11 is -1.34. The Balaban J connectivity index is 1.12. The van der Waals surface area contributed by atoms with Crippen LogP contribution in [-0.4, -0.2) is 70.3 Å². The maximum Gasteiger partial charge on any atom is 0.269 e. The fraction of sp³-hybridized carbons (Fsp3) is 0.429. The summed E-state index contributed by atoms with van der Waals surface area (Å²) in [7, 11) is 0. The number of hydrogen-bond donors (Lipinski definition) is 1. The topological polar surface area (TPSA) is 84.7 Å². The van der Waals surface area contributed by atoms with Gasteiger partial charge in [0.25, 0.3) is 5.91 Å². The number of carbonyl (C=O) groups excluding carboxylic acids is 1. The molecule has 7 nitrogen and oxygen atoms in total. The summed E-state index contributed by atoms with van der Waals surface area (Å²) in [5, 5.41) is 2.92. The summed E-state index contributed by atoms with van der Waals surface area (Å²) < 4.78 is 18.4. The Labute approximate surface area is 217 Å². The van der Waals surface area contributed by atoms with E-state index in [9.17, 15) is 9.35 Å². The number of nitrogens with zero attached hydrogens (tertiary/aromatic N) is 3. The number of aromatic nitrogens is 1. The first kappa shape index (κ1) is 26.4. The van der Waals surface area contributed by atoms with E-state index in [1.165, 1.54) is 5.56 Å². The Kier molecular flexibility index (Phi) is 9.58. The zero-order valence-electron chi connectivity index (χ0n) is 21.2. The van der Waals surface area contributed by atoms with E-state index < -0.39 is 11.2 Å². The van der Waals surface area contributed by atoms with Gasteiger partial charge in [0.15, 0.2) is 11.5 Å². The number of hydrogen-bond acceptors (Lipinski definition) is 6. The van der Waals surface area contributed by atoms with Gasteiger partial charge in [-0.05, 0) is 55.2 Å². The minimum absolute atomic E-state index is 0.0237. The van der Waals surface area contributed by atoms with Crippen molar-refractivity contribution in [2.75, 3.05) is 45.0 Å². The second kappa shape index (κ2) is 13.1. The van der Waals surface area contributed by atoms with E-state index in [0.29, 0.717) is 23.9 Å². The molecule has 8 heteroatoms. The molecule has 0 aliphatic carbocycles. The third kappa shape index (κ3) is 7.67. The van der Waals surface area contributed by atoms with E-state index in [4.69, 9.17) is 4.42 Å². The maximum atomic E-state index is 12.6. The van der Waals surface area contributed by atoms with Crippen LogP contribution in [0, 0.1) is 13.8 Å². The first-order valence-corrected chi connectivity index (χ1v) is 14.1. The van der Waals surface area contributed by atoms with Gasteiger partial charge in [-0.15, -0.1) is 0 Å². The molecule has 0 spiro atoms. The molecule has 36 heavy (non-hydrogen) atoms. The summed E-state index contributed by atoms with van der Waals surface area (Å²) in [4.78, 5) is 21.8. The molecule has 0 bridgehead atoms. The second-order valence-corrected chi connectivity index (χ2v) is 10.8. The molecular formula is C28H36N4O3S. The number of benzene rings is 2. The molecule has 1 aliphatic rings. The van der Waals surface area contributed by atoms with Crippen molar-refractivity contribution in [3.8, 4) is 11.5 Å². The molecule has 4 rings (SSSR count). The smallest absolute Gasteiger partial charge is 0.269 e. The Hall–Kier alpha value is -2.65. The van der Waals surface area contributed by atoms with Crippen molar-refractivity contribution in [3.05, 3.63) is 77.2 Å². The minimum Gasteiger partial charge on any atom is -0.616 e. The highest BCUT2D eigenvalue weighted by Crippen LogP contribution is 2.25. The van der Waals surface area contributed by atoms with Gasteiger partial charge in [0.1, 0.15) is 11.5 Å². The Morgan fingerprint density at radius 2 is 1.72 bits per heavy atom. The van der Waals surface area contributed by atoms with Crippen LogP contribution in [0.1, 0.15) is 29.0 Å². The average Bonchev–Trinajstić information content (AvgIpc) is 3.23. The Bertz CT molecular complexity index is 1110. The minimum atomic E-state index is -1.34. The number of carbonyl (C=O) groups is 1. The number of aryl methyl sites for hydroxylation is 2. The van der Waals surface area contributed by atoms with E-state index in [1.54, 1.807) is 0 Å². The summed E-state index contributed by atoms with van der Waals surface area (Å²) in [6.45, 7) is 10.6. The lowest BCUT2D eigenvalue weighted by Crippen LogP contribution is -2.46. The molecule has 1 aromatic heterocycles. The van der Waals surface area contributed by atoms with Crippen LogP contribution in [-0.2, 0) is 28.3 Å². The van der Waals surface area contributed by atoms with Crippen molar-refractivity contribution in [1.29, 1.82) is 0 Å². The molecule has 0 radical (unpaired) electrons. The molecule has 1 fully saturated rings. The van der Waals surface area contributed by atoms with Crippen molar-refractivity contribution < 1.29 is 13.8 Å². The molecule has 2 heterocycles. The fourth-order valence-corrected chi connectivity index (χ4v) is 5.50. The first-order chi connectivity index (χ1) is 17.5. The van der Waals surface area contributed by atoms with E-state index >= 15 is 0 Å². The molecule has 1 saturated heterocycles. The molecule has 1 atom stereocenters. The SMILES string of the molecule is Cc1ccccc1-c1nc(C[S+]([O-])CC(=O)NCCCN2CCN(Cc3ccccc3)CC2)c(C)o1. The van der Waals surface area contributed by atoms with Crippen LogP contribution in [0.4, 0.5) is 0 Å². The molecule has 1 aliphatic heterocycles. The molecule has 2 aromatic carbocycles. The Morgan fingerprint density at radius 1 is 1.03 bits per heavy atom. The average molecular weight is 509 g/mol. The fourth-order valence-electron chi connectivity index (χ4n) is 4.43. The number of nitrogens with one attached hydrogen (secondary N) is 1. The number of oxazole rings is 1. The van der Waals surface area contributed by atoms with Crippen LogP contribution in [0.2, 0.25) is 0 Å². The van der Waals surface area contributed by atoms with Crippen LogP contribution in [0.25, 0.3) is 11.5 Å². The summed E-state index contributed by atoms with van der Waals surface area (Å²) in [5.74, 6) is 1.18. The van der Waals surface area contributed by atoms with Crippen molar-refractivity contribution in [1.82, 2.24) is 20.1 Å². The van der Waals surface area contributed by atoms with Crippen molar-refractivity contribution >= 4 is 17.1 Å². The van der Waals surface area contributed by atoms with Gasteiger partial charge in [0.2, 0.25) is 5.89 Å². The van der Waals surface area contributed by atoms with Gasteiger partial charge >= 0.3 is 0 Å². The lowest BCUT2D eigenvalue weighted by atomic mass is 10.1. The number of amides is 1. The lowest BCUT2D eigenvalue weighted by Gasteiger charge is -2.34. The second-order valence-electron chi connectivity index (χ2n) is 9.37. The van der Waals surface area contributed by atoms with Crippen LogP contribution < -0.4 is 5.32 Å². The maximum absolute atomic E-state index is 12.6. The number of piperazine rings is 1. The van der Waals surface area contributed by atoms with Crippen LogP contribution in [0.15, 0.2) is 59.0 Å². The molecule has 1 unspecified atom stereocenters.